The van der Waals surface area contributed by atoms with Crippen LogP contribution in [0.2, 0.25) is 0 Å². The molecule has 2 aromatic heterocycles. The molecule has 1 aliphatic heterocycles. The number of hydrogen-bond acceptors (Lipinski definition) is 6. The predicted molar refractivity (Wildman–Crippen MR) is 132 cm³/mol. The van der Waals surface area contributed by atoms with Gasteiger partial charge in [-0.1, -0.05) is 6.92 Å². The van der Waals surface area contributed by atoms with Crippen LogP contribution in [-0.2, 0) is 51.9 Å². The number of aromatic nitrogens is 2. The van der Waals surface area contributed by atoms with Crippen LogP contribution in [0.15, 0.2) is 24.5 Å². The molecular formula is C26H37IN4O6. The first-order chi connectivity index (χ1) is 17.2. The Bertz CT molecular complexity index is 1100. The van der Waals surface area contributed by atoms with Crippen LogP contribution in [-0.4, -0.2) is 34.8 Å². The van der Waals surface area contributed by atoms with Crippen LogP contribution in [0.1, 0.15) is 64.3 Å². The van der Waals surface area contributed by atoms with Crippen molar-refractivity contribution in [2.45, 2.75) is 92.5 Å². The summed E-state index contributed by atoms with van der Waals surface area (Å²) in [6.45, 7) is 10.2. The van der Waals surface area contributed by atoms with Gasteiger partial charge in [0.2, 0.25) is 0 Å². The molecule has 37 heavy (non-hydrogen) atoms. The lowest BCUT2D eigenvalue weighted by atomic mass is 10.0. The number of nitrogens with zero attached hydrogens (tertiary/aromatic N) is 2. The number of amides is 2. The van der Waals surface area contributed by atoms with Crippen molar-refractivity contribution >= 4 is 18.2 Å². The van der Waals surface area contributed by atoms with Crippen LogP contribution in [0.3, 0.4) is 0 Å². The number of rotatable bonds is 10. The molecule has 0 fully saturated rings. The molecular weight excluding hydrogens is 591 g/mol. The lowest BCUT2D eigenvalue weighted by molar-refractivity contribution is -0.727. The predicted octanol–water partition coefficient (Wildman–Crippen LogP) is 0.573. The van der Waals surface area contributed by atoms with Gasteiger partial charge in [0.05, 0.1) is 11.3 Å². The zero-order chi connectivity index (χ0) is 26.2. The van der Waals surface area contributed by atoms with E-state index >= 15 is 0 Å². The van der Waals surface area contributed by atoms with Gasteiger partial charge in [-0.2, -0.15) is 4.57 Å². The van der Waals surface area contributed by atoms with E-state index < -0.39 is 12.2 Å². The van der Waals surface area contributed by atoms with Gasteiger partial charge in [-0.05, 0) is 46.6 Å². The zero-order valence-corrected chi connectivity index (χ0v) is 24.3. The molecule has 1 aliphatic rings. The van der Waals surface area contributed by atoms with Gasteiger partial charge in [0.25, 0.3) is 6.73 Å². The number of halogens is 1. The van der Waals surface area contributed by atoms with Crippen LogP contribution in [0.5, 0.6) is 0 Å². The van der Waals surface area contributed by atoms with Crippen molar-refractivity contribution in [1.82, 2.24) is 15.2 Å². The van der Waals surface area contributed by atoms with Gasteiger partial charge >= 0.3 is 18.2 Å². The normalized spacial score (nSPS) is 12.1. The Hall–Kier alpha value is -2.83. The van der Waals surface area contributed by atoms with Gasteiger partial charge in [0.15, 0.2) is 12.4 Å². The number of alkyl carbamates (subject to hydrolysis) is 2. The molecule has 0 saturated heterocycles. The van der Waals surface area contributed by atoms with E-state index in [2.05, 4.69) is 15.2 Å². The van der Waals surface area contributed by atoms with E-state index in [9.17, 15) is 14.4 Å². The summed E-state index contributed by atoms with van der Waals surface area (Å²) < 4.78 is 20.4. The molecule has 0 spiro atoms. The third-order valence-electron chi connectivity index (χ3n) is 5.69. The minimum Gasteiger partial charge on any atom is -1.00 e. The maximum Gasteiger partial charge on any atom is 0.407 e. The fourth-order valence-electron chi connectivity index (χ4n) is 4.19. The number of pyridine rings is 1. The molecule has 2 amide bonds. The first kappa shape index (κ1) is 30.4. The van der Waals surface area contributed by atoms with Gasteiger partial charge in [-0.3, -0.25) is 4.79 Å². The Kier molecular flexibility index (Phi) is 11.7. The quantitative estimate of drug-likeness (QED) is 0.172. The number of carbonyl (C=O) groups is 3. The summed E-state index contributed by atoms with van der Waals surface area (Å²) >= 11 is 0. The summed E-state index contributed by atoms with van der Waals surface area (Å²) in [7, 11) is 0. The molecule has 2 N–H and O–H groups in total. The molecule has 2 aromatic rings. The van der Waals surface area contributed by atoms with Crippen LogP contribution >= 0.6 is 0 Å². The van der Waals surface area contributed by atoms with Crippen molar-refractivity contribution in [2.24, 2.45) is 0 Å². The van der Waals surface area contributed by atoms with Crippen LogP contribution in [0, 0.1) is 0 Å². The van der Waals surface area contributed by atoms with Crippen molar-refractivity contribution in [3.05, 3.63) is 41.3 Å². The third-order valence-corrected chi connectivity index (χ3v) is 5.69. The highest BCUT2D eigenvalue weighted by molar-refractivity contribution is 5.71. The molecule has 0 radical (unpaired) electrons. The van der Waals surface area contributed by atoms with Gasteiger partial charge in [-0.25, -0.2) is 9.59 Å². The molecule has 11 heteroatoms. The first-order valence-electron chi connectivity index (χ1n) is 12.4. The minimum atomic E-state index is -0.513. The molecule has 204 valence electrons. The van der Waals surface area contributed by atoms with Gasteiger partial charge in [-0.15, -0.1) is 0 Å². The zero-order valence-electron chi connectivity index (χ0n) is 22.1. The molecule has 0 aliphatic carbocycles. The highest BCUT2D eigenvalue weighted by Crippen LogP contribution is 2.36. The van der Waals surface area contributed by atoms with Crippen molar-refractivity contribution in [2.75, 3.05) is 0 Å². The highest BCUT2D eigenvalue weighted by atomic mass is 127. The molecule has 0 saturated carbocycles. The standard InChI is InChI=1S/C26H36N4O6.HI/c1-6-23(31)36-16-29-11-7-9-19(13-29)24-21(15-35-26(33)28-18(4)5)20(22-10-8-12-30(22)24)14-34-25(32)27-17(2)3;/h7,9,11,13,17-18H,6,8,10,12,14-16H2,1-5H3,(H-,27,28,32,33);1H. The van der Waals surface area contributed by atoms with E-state index in [1.165, 1.54) is 0 Å². The van der Waals surface area contributed by atoms with Crippen molar-refractivity contribution in [3.8, 4) is 11.3 Å². The smallest absolute Gasteiger partial charge is 0.407 e. The number of esters is 1. The highest BCUT2D eigenvalue weighted by Gasteiger charge is 2.29. The Morgan fingerprint density at radius 1 is 1.00 bits per heavy atom. The second kappa shape index (κ2) is 14.2. The van der Waals surface area contributed by atoms with Crippen LogP contribution in [0.25, 0.3) is 11.3 Å². The fraction of sp³-hybridized carbons (Fsp3) is 0.538. The van der Waals surface area contributed by atoms with Gasteiger partial charge < -0.3 is 53.4 Å². The minimum absolute atomic E-state index is 0. The van der Waals surface area contributed by atoms with Crippen molar-refractivity contribution < 1.29 is 57.1 Å². The van der Waals surface area contributed by atoms with Gasteiger partial charge in [0.1, 0.15) is 13.2 Å². The summed E-state index contributed by atoms with van der Waals surface area (Å²) in [5.74, 6) is -0.277. The number of hydrogen-bond donors (Lipinski definition) is 2. The number of fused-ring (bicyclic) bond motifs is 1. The molecule has 0 aromatic carbocycles. The summed E-state index contributed by atoms with van der Waals surface area (Å²) in [4.78, 5) is 36.1. The number of ether oxygens (including phenoxy) is 3. The lowest BCUT2D eigenvalue weighted by Gasteiger charge is -2.14. The second-order valence-corrected chi connectivity index (χ2v) is 9.36. The molecule has 0 unspecified atom stereocenters. The Balaban J connectivity index is 0.00000481. The van der Waals surface area contributed by atoms with Crippen LogP contribution < -0.4 is 39.2 Å². The maximum atomic E-state index is 12.3. The van der Waals surface area contributed by atoms with E-state index in [4.69, 9.17) is 14.2 Å². The number of carbonyl (C=O) groups excluding carboxylic acids is 3. The first-order valence-corrected chi connectivity index (χ1v) is 12.4. The average molecular weight is 629 g/mol. The molecule has 10 nitrogen and oxygen atoms in total. The van der Waals surface area contributed by atoms with E-state index in [-0.39, 0.29) is 62.0 Å². The number of nitrogens with one attached hydrogen (secondary N) is 2. The fourth-order valence-corrected chi connectivity index (χ4v) is 4.19. The SMILES string of the molecule is CCC(=O)OC[n+]1cccc(-c2c(COC(=O)NC(C)C)c(COC(=O)NC(C)C)c3n2CCC3)c1.[I-]. The van der Waals surface area contributed by atoms with E-state index in [1.54, 1.807) is 11.5 Å². The van der Waals surface area contributed by atoms with E-state index in [1.807, 2.05) is 52.2 Å². The maximum absolute atomic E-state index is 12.3. The second-order valence-electron chi connectivity index (χ2n) is 9.36. The molecule has 3 rings (SSSR count). The third kappa shape index (κ3) is 8.34. The largest absolute Gasteiger partial charge is 1.00 e. The summed E-state index contributed by atoms with van der Waals surface area (Å²) in [5.41, 5.74) is 4.50. The van der Waals surface area contributed by atoms with E-state index in [0.29, 0.717) is 6.42 Å². The summed E-state index contributed by atoms with van der Waals surface area (Å²) in [5, 5.41) is 5.48. The summed E-state index contributed by atoms with van der Waals surface area (Å²) in [6.07, 6.45) is 4.82. The lowest BCUT2D eigenvalue weighted by Crippen LogP contribution is -3.00. The Morgan fingerprint density at radius 2 is 1.62 bits per heavy atom. The monoisotopic (exact) mass is 628 g/mol. The van der Waals surface area contributed by atoms with Crippen molar-refractivity contribution in [1.29, 1.82) is 0 Å². The molecule has 0 bridgehead atoms. The molecule has 3 heterocycles. The van der Waals surface area contributed by atoms with E-state index in [0.717, 1.165) is 47.5 Å². The van der Waals surface area contributed by atoms with Gasteiger partial charge in [0, 0.05) is 47.9 Å². The Morgan fingerprint density at radius 3 is 2.22 bits per heavy atom. The summed E-state index contributed by atoms with van der Waals surface area (Å²) in [6, 6.07) is 3.74. The average Bonchev–Trinajstić information content (AvgIpc) is 3.39. The van der Waals surface area contributed by atoms with Crippen LogP contribution in [0.4, 0.5) is 9.59 Å². The topological polar surface area (TPSA) is 112 Å². The Labute approximate surface area is 235 Å². The van der Waals surface area contributed by atoms with Crippen molar-refractivity contribution in [3.63, 3.8) is 0 Å². The molecule has 0 atom stereocenters.